The van der Waals surface area contributed by atoms with Gasteiger partial charge >= 0.3 is 0 Å². The Bertz CT molecular complexity index is 2030. The zero-order chi connectivity index (χ0) is 35.4. The molecular weight excluding hydrogens is 700 g/mol. The molecule has 2 aliphatic heterocycles. The Labute approximate surface area is 299 Å². The van der Waals surface area contributed by atoms with E-state index in [-0.39, 0.29) is 41.8 Å². The molecule has 260 valence electrons. The van der Waals surface area contributed by atoms with Gasteiger partial charge in [-0.15, -0.1) is 0 Å². The largest absolute Gasteiger partial charge is 0.355 e. The van der Waals surface area contributed by atoms with Crippen LogP contribution in [0.2, 0.25) is 0 Å². The van der Waals surface area contributed by atoms with Crippen LogP contribution in [0.1, 0.15) is 81.2 Å². The maximum absolute atomic E-state index is 14.4. The quantitative estimate of drug-likeness (QED) is 0.208. The molecule has 12 nitrogen and oxygen atoms in total. The third kappa shape index (κ3) is 6.43. The number of aryl methyl sites for hydroxylation is 2. The van der Waals surface area contributed by atoms with Gasteiger partial charge in [-0.3, -0.25) is 23.9 Å². The fourth-order valence-corrected chi connectivity index (χ4v) is 7.91. The van der Waals surface area contributed by atoms with E-state index in [2.05, 4.69) is 46.6 Å². The van der Waals surface area contributed by atoms with E-state index in [4.69, 9.17) is 0 Å². The SMILES string of the molecule is CC(=O)c1nn(CC(=O)N2[C@H]3CC4(CNC(=O)C(C)(C)CCCCCc5ccc(Br)nc5NC3=O)C[C@@H]24)c2ccc(-c3cnc(C)nc3)cc12. The molecule has 1 saturated carbocycles. The highest BCUT2D eigenvalue weighted by Gasteiger charge is 2.67. The summed E-state index contributed by atoms with van der Waals surface area (Å²) >= 11 is 3.45. The monoisotopic (exact) mass is 740 g/mol. The molecule has 2 bridgehead atoms. The number of piperidine rings is 1. The lowest BCUT2D eigenvalue weighted by Crippen LogP contribution is -2.47. The van der Waals surface area contributed by atoms with Gasteiger partial charge in [0.2, 0.25) is 17.7 Å². The molecule has 1 spiro atoms. The number of carbonyl (C=O) groups is 4. The Morgan fingerprint density at radius 2 is 1.80 bits per heavy atom. The van der Waals surface area contributed by atoms with E-state index in [1.54, 1.807) is 22.0 Å². The Hall–Kier alpha value is -4.52. The lowest BCUT2D eigenvalue weighted by atomic mass is 9.85. The fourth-order valence-electron chi connectivity index (χ4n) is 7.60. The van der Waals surface area contributed by atoms with E-state index in [0.717, 1.165) is 48.8 Å². The van der Waals surface area contributed by atoms with Gasteiger partial charge in [-0.1, -0.05) is 38.8 Å². The number of likely N-dealkylation sites (tertiary alicyclic amines) is 1. The van der Waals surface area contributed by atoms with Gasteiger partial charge in [0.15, 0.2) is 5.78 Å². The number of hydrogen-bond acceptors (Lipinski definition) is 8. The second-order valence-electron chi connectivity index (χ2n) is 14.7. The lowest BCUT2D eigenvalue weighted by Gasteiger charge is -2.27. The number of ketones is 1. The lowest BCUT2D eigenvalue weighted by molar-refractivity contribution is -0.138. The van der Waals surface area contributed by atoms with Crippen LogP contribution in [0.4, 0.5) is 5.82 Å². The van der Waals surface area contributed by atoms with Crippen molar-refractivity contribution in [2.45, 2.75) is 91.3 Å². The number of anilines is 1. The maximum atomic E-state index is 14.4. The van der Waals surface area contributed by atoms with Crippen molar-refractivity contribution in [2.75, 3.05) is 11.9 Å². The zero-order valence-electron chi connectivity index (χ0n) is 28.8. The molecule has 1 saturated heterocycles. The van der Waals surface area contributed by atoms with Crippen LogP contribution in [-0.2, 0) is 27.3 Å². The molecular formula is C37H41BrN8O4. The summed E-state index contributed by atoms with van der Waals surface area (Å²) in [4.78, 5) is 69.5. The standard InChI is InChI=1S/C37H41BrN8O4/c1-21(47)32-26-14-24(25-17-39-22(2)40-18-25)9-11-27(26)45(44-32)19-31(48)46-28-15-37(16-29(37)46)20-41-35(50)36(3,4)13-7-5-6-8-23-10-12-30(38)42-33(23)43-34(28)49/h9-12,14,17-18,28-29H,5-8,13,15-16,19-20H2,1-4H3,(H,41,50)(H,42,43,49)/t28-,29+,37?/m0/s1. The van der Waals surface area contributed by atoms with Crippen LogP contribution in [0.5, 0.6) is 0 Å². The third-order valence-electron chi connectivity index (χ3n) is 10.6. The fraction of sp³-hybridized carbons (Fsp3) is 0.459. The Morgan fingerprint density at radius 3 is 2.56 bits per heavy atom. The predicted molar refractivity (Wildman–Crippen MR) is 191 cm³/mol. The van der Waals surface area contributed by atoms with Crippen molar-refractivity contribution in [3.8, 4) is 11.1 Å². The number of amides is 3. The molecule has 1 unspecified atom stereocenters. The minimum absolute atomic E-state index is 0.00821. The summed E-state index contributed by atoms with van der Waals surface area (Å²) in [6, 6.07) is 8.46. The van der Waals surface area contributed by atoms with Crippen LogP contribution >= 0.6 is 15.9 Å². The summed E-state index contributed by atoms with van der Waals surface area (Å²) in [6.07, 6.45) is 8.82. The van der Waals surface area contributed by atoms with Gasteiger partial charge in [-0.25, -0.2) is 15.0 Å². The molecule has 0 radical (unpaired) electrons. The summed E-state index contributed by atoms with van der Waals surface area (Å²) in [5.74, 6) is 0.325. The van der Waals surface area contributed by atoms with Crippen molar-refractivity contribution in [1.29, 1.82) is 0 Å². The number of pyridine rings is 1. The van der Waals surface area contributed by atoms with Crippen molar-refractivity contribution >= 4 is 56.2 Å². The Balaban J connectivity index is 1.21. The molecule has 3 aromatic heterocycles. The number of carbonyl (C=O) groups excluding carboxylic acids is 4. The number of halogens is 1. The van der Waals surface area contributed by atoms with Crippen molar-refractivity contribution in [2.24, 2.45) is 10.8 Å². The molecule has 4 aromatic rings. The van der Waals surface area contributed by atoms with Crippen LogP contribution in [0.3, 0.4) is 0 Å². The topological polar surface area (TPSA) is 152 Å². The zero-order valence-corrected chi connectivity index (χ0v) is 30.3. The van der Waals surface area contributed by atoms with Gasteiger partial charge in [0, 0.05) is 53.7 Å². The van der Waals surface area contributed by atoms with Gasteiger partial charge in [-0.2, -0.15) is 5.10 Å². The molecule has 5 heterocycles. The van der Waals surface area contributed by atoms with Gasteiger partial charge in [0.05, 0.1) is 5.52 Å². The number of nitrogens with one attached hydrogen (secondary N) is 2. The first kappa shape index (κ1) is 34.0. The first-order chi connectivity index (χ1) is 23.8. The van der Waals surface area contributed by atoms with Gasteiger partial charge in [-0.05, 0) is 84.3 Å². The van der Waals surface area contributed by atoms with E-state index >= 15 is 0 Å². The molecule has 2 fully saturated rings. The highest BCUT2D eigenvalue weighted by molar-refractivity contribution is 9.10. The number of rotatable bonds is 4. The first-order valence-electron chi connectivity index (χ1n) is 17.2. The Kier molecular flexibility index (Phi) is 8.82. The predicted octanol–water partition coefficient (Wildman–Crippen LogP) is 5.42. The third-order valence-corrected chi connectivity index (χ3v) is 11.1. The summed E-state index contributed by atoms with van der Waals surface area (Å²) < 4.78 is 2.16. The van der Waals surface area contributed by atoms with Crippen LogP contribution in [-0.4, -0.2) is 71.8 Å². The van der Waals surface area contributed by atoms with Gasteiger partial charge < -0.3 is 15.5 Å². The van der Waals surface area contributed by atoms with Crippen molar-refractivity contribution in [3.05, 3.63) is 64.4 Å². The summed E-state index contributed by atoms with van der Waals surface area (Å²) in [7, 11) is 0. The average molecular weight is 742 g/mol. The highest BCUT2D eigenvalue weighted by Crippen LogP contribution is 2.59. The molecule has 1 aromatic carbocycles. The summed E-state index contributed by atoms with van der Waals surface area (Å²) in [5.41, 5.74) is 2.50. The minimum Gasteiger partial charge on any atom is -0.355 e. The maximum Gasteiger partial charge on any atom is 0.248 e. The van der Waals surface area contributed by atoms with Gasteiger partial charge in [0.1, 0.15) is 34.5 Å². The van der Waals surface area contributed by atoms with E-state index in [1.165, 1.54) is 6.92 Å². The van der Waals surface area contributed by atoms with E-state index < -0.39 is 16.9 Å². The smallest absolute Gasteiger partial charge is 0.248 e. The summed E-state index contributed by atoms with van der Waals surface area (Å²) in [5, 5.41) is 11.5. The number of nitrogens with zero attached hydrogens (tertiary/aromatic N) is 6. The number of Topliss-reactive ketones (excluding diaryl/α,β-unsaturated/α-hetero) is 1. The molecule has 13 heteroatoms. The minimum atomic E-state index is -0.769. The van der Waals surface area contributed by atoms with Crippen molar-refractivity contribution in [3.63, 3.8) is 0 Å². The summed E-state index contributed by atoms with van der Waals surface area (Å²) in [6.45, 7) is 7.45. The van der Waals surface area contributed by atoms with Crippen LogP contribution in [0.15, 0.2) is 47.3 Å². The second-order valence-corrected chi connectivity index (χ2v) is 15.5. The molecule has 3 amide bonds. The second kappa shape index (κ2) is 13.0. The van der Waals surface area contributed by atoms with Gasteiger partial charge in [0.25, 0.3) is 0 Å². The number of aromatic nitrogens is 5. The molecule has 50 heavy (non-hydrogen) atoms. The molecule has 3 atom stereocenters. The highest BCUT2D eigenvalue weighted by atomic mass is 79.9. The molecule has 7 rings (SSSR count). The van der Waals surface area contributed by atoms with Crippen LogP contribution in [0.25, 0.3) is 22.0 Å². The number of hydrogen-bond donors (Lipinski definition) is 2. The molecule has 2 N–H and O–H groups in total. The molecule has 1 aliphatic carbocycles. The van der Waals surface area contributed by atoms with Crippen molar-refractivity contribution in [1.82, 2.24) is 34.9 Å². The van der Waals surface area contributed by atoms with E-state index in [9.17, 15) is 19.2 Å². The first-order valence-corrected chi connectivity index (χ1v) is 18.0. The van der Waals surface area contributed by atoms with E-state index in [0.29, 0.717) is 46.5 Å². The average Bonchev–Trinajstić information content (AvgIpc) is 3.50. The normalized spacial score (nSPS) is 23.5. The molecule has 3 aliphatic rings. The van der Waals surface area contributed by atoms with Crippen LogP contribution < -0.4 is 10.6 Å². The Morgan fingerprint density at radius 1 is 1.02 bits per heavy atom. The number of benzene rings is 1. The van der Waals surface area contributed by atoms with E-state index in [1.807, 2.05) is 51.1 Å². The van der Waals surface area contributed by atoms with Crippen molar-refractivity contribution < 1.29 is 19.2 Å². The van der Waals surface area contributed by atoms with Crippen LogP contribution in [0, 0.1) is 17.8 Å². The number of fused-ring (bicyclic) bond motifs is 3.